The first-order chi connectivity index (χ1) is 7.25. The van der Waals surface area contributed by atoms with Gasteiger partial charge < -0.3 is 4.74 Å². The molecule has 0 radical (unpaired) electrons. The maximum atomic E-state index is 5.59. The third-order valence-corrected chi connectivity index (χ3v) is 2.40. The standard InChI is InChI=1S/C11H9BrN2O/c1-8-6-9(12)2-3-10(8)15-11-4-5-13-7-14-11/h2-7H,1H3. The highest BCUT2D eigenvalue weighted by atomic mass is 79.9. The number of benzene rings is 1. The Bertz CT molecular complexity index is 459. The number of aryl methyl sites for hydroxylation is 1. The van der Waals surface area contributed by atoms with Crippen LogP contribution in [0.3, 0.4) is 0 Å². The molecule has 0 bridgehead atoms. The normalized spacial score (nSPS) is 10.0. The summed E-state index contributed by atoms with van der Waals surface area (Å²) < 4.78 is 6.63. The molecular formula is C11H9BrN2O. The lowest BCUT2D eigenvalue weighted by molar-refractivity contribution is 0.458. The Morgan fingerprint density at radius 2 is 2.13 bits per heavy atom. The van der Waals surface area contributed by atoms with Crippen molar-refractivity contribution in [2.75, 3.05) is 0 Å². The van der Waals surface area contributed by atoms with Gasteiger partial charge in [-0.25, -0.2) is 9.97 Å². The van der Waals surface area contributed by atoms with Crippen LogP contribution in [-0.2, 0) is 0 Å². The highest BCUT2D eigenvalue weighted by Gasteiger charge is 2.01. The van der Waals surface area contributed by atoms with E-state index in [0.29, 0.717) is 5.88 Å². The smallest absolute Gasteiger partial charge is 0.222 e. The van der Waals surface area contributed by atoms with E-state index in [2.05, 4.69) is 25.9 Å². The first kappa shape index (κ1) is 10.1. The zero-order chi connectivity index (χ0) is 10.7. The van der Waals surface area contributed by atoms with Gasteiger partial charge in [0.15, 0.2) is 0 Å². The van der Waals surface area contributed by atoms with Crippen molar-refractivity contribution in [3.05, 3.63) is 46.8 Å². The van der Waals surface area contributed by atoms with Gasteiger partial charge in [-0.2, -0.15) is 0 Å². The number of halogens is 1. The van der Waals surface area contributed by atoms with Crippen molar-refractivity contribution in [2.45, 2.75) is 6.92 Å². The van der Waals surface area contributed by atoms with Gasteiger partial charge in [-0.15, -0.1) is 0 Å². The maximum absolute atomic E-state index is 5.59. The predicted molar refractivity (Wildman–Crippen MR) is 61.0 cm³/mol. The highest BCUT2D eigenvalue weighted by molar-refractivity contribution is 9.10. The third-order valence-electron chi connectivity index (χ3n) is 1.91. The average Bonchev–Trinajstić information content (AvgIpc) is 2.24. The minimum Gasteiger partial charge on any atom is -0.439 e. The second-order valence-corrected chi connectivity index (χ2v) is 3.98. The zero-order valence-electron chi connectivity index (χ0n) is 8.14. The van der Waals surface area contributed by atoms with E-state index in [-0.39, 0.29) is 0 Å². The van der Waals surface area contributed by atoms with E-state index < -0.39 is 0 Å². The van der Waals surface area contributed by atoms with Crippen LogP contribution in [0.4, 0.5) is 0 Å². The molecule has 0 saturated heterocycles. The summed E-state index contributed by atoms with van der Waals surface area (Å²) in [6.45, 7) is 1.99. The van der Waals surface area contributed by atoms with Crippen molar-refractivity contribution >= 4 is 15.9 Å². The van der Waals surface area contributed by atoms with Gasteiger partial charge in [0.25, 0.3) is 0 Å². The lowest BCUT2D eigenvalue weighted by Gasteiger charge is -2.07. The minimum absolute atomic E-state index is 0.551. The lowest BCUT2D eigenvalue weighted by atomic mass is 10.2. The third kappa shape index (κ3) is 2.53. The zero-order valence-corrected chi connectivity index (χ0v) is 9.73. The first-order valence-electron chi connectivity index (χ1n) is 4.46. The van der Waals surface area contributed by atoms with E-state index >= 15 is 0 Å². The largest absolute Gasteiger partial charge is 0.439 e. The van der Waals surface area contributed by atoms with Gasteiger partial charge >= 0.3 is 0 Å². The number of nitrogens with zero attached hydrogens (tertiary/aromatic N) is 2. The van der Waals surface area contributed by atoms with Crippen LogP contribution in [0.15, 0.2) is 41.3 Å². The van der Waals surface area contributed by atoms with Crippen LogP contribution in [-0.4, -0.2) is 9.97 Å². The van der Waals surface area contributed by atoms with Crippen LogP contribution in [0.25, 0.3) is 0 Å². The van der Waals surface area contributed by atoms with E-state index in [1.165, 1.54) is 6.33 Å². The fraction of sp³-hybridized carbons (Fsp3) is 0.0909. The van der Waals surface area contributed by atoms with E-state index in [4.69, 9.17) is 4.74 Å². The summed E-state index contributed by atoms with van der Waals surface area (Å²) in [7, 11) is 0. The molecule has 0 N–H and O–H groups in total. The van der Waals surface area contributed by atoms with Gasteiger partial charge in [0.05, 0.1) is 0 Å². The number of ether oxygens (including phenoxy) is 1. The summed E-state index contributed by atoms with van der Waals surface area (Å²) in [5.74, 6) is 1.35. The van der Waals surface area contributed by atoms with Crippen molar-refractivity contribution in [1.29, 1.82) is 0 Å². The monoisotopic (exact) mass is 264 g/mol. The van der Waals surface area contributed by atoms with Crippen LogP contribution in [0, 0.1) is 6.92 Å². The molecule has 0 fully saturated rings. The van der Waals surface area contributed by atoms with Crippen LogP contribution >= 0.6 is 15.9 Å². The molecule has 0 amide bonds. The quantitative estimate of drug-likeness (QED) is 0.835. The molecule has 2 aromatic rings. The summed E-state index contributed by atoms with van der Waals surface area (Å²) in [6, 6.07) is 7.56. The van der Waals surface area contributed by atoms with E-state index in [9.17, 15) is 0 Å². The van der Waals surface area contributed by atoms with E-state index in [1.54, 1.807) is 12.3 Å². The summed E-state index contributed by atoms with van der Waals surface area (Å²) in [5.41, 5.74) is 1.06. The molecule has 0 unspecified atom stereocenters. The Hall–Kier alpha value is -1.42. The number of rotatable bonds is 2. The van der Waals surface area contributed by atoms with Gasteiger partial charge in [-0.1, -0.05) is 15.9 Å². The van der Waals surface area contributed by atoms with Crippen LogP contribution in [0.1, 0.15) is 5.56 Å². The molecule has 2 rings (SSSR count). The van der Waals surface area contributed by atoms with Gasteiger partial charge in [-0.05, 0) is 30.7 Å². The van der Waals surface area contributed by atoms with Crippen LogP contribution in [0.2, 0.25) is 0 Å². The highest BCUT2D eigenvalue weighted by Crippen LogP contribution is 2.25. The Morgan fingerprint density at radius 3 is 2.80 bits per heavy atom. The van der Waals surface area contributed by atoms with Gasteiger partial charge in [0.1, 0.15) is 12.1 Å². The molecule has 76 valence electrons. The van der Waals surface area contributed by atoms with Crippen molar-refractivity contribution in [3.63, 3.8) is 0 Å². The molecule has 1 heterocycles. The molecule has 0 atom stereocenters. The van der Waals surface area contributed by atoms with Gasteiger partial charge in [0.2, 0.25) is 5.88 Å². The van der Waals surface area contributed by atoms with E-state index in [1.807, 2.05) is 25.1 Å². The SMILES string of the molecule is Cc1cc(Br)ccc1Oc1ccncn1. The molecule has 3 nitrogen and oxygen atoms in total. The number of hydrogen-bond donors (Lipinski definition) is 0. The van der Waals surface area contributed by atoms with Crippen molar-refractivity contribution in [3.8, 4) is 11.6 Å². The topological polar surface area (TPSA) is 35.0 Å². The number of aromatic nitrogens is 2. The van der Waals surface area contributed by atoms with Crippen LogP contribution < -0.4 is 4.74 Å². The molecular weight excluding hydrogens is 256 g/mol. The van der Waals surface area contributed by atoms with Crippen molar-refractivity contribution in [2.24, 2.45) is 0 Å². The Balaban J connectivity index is 2.25. The minimum atomic E-state index is 0.551. The summed E-state index contributed by atoms with van der Waals surface area (Å²) >= 11 is 3.40. The van der Waals surface area contributed by atoms with Crippen molar-refractivity contribution < 1.29 is 4.74 Å². The Kier molecular flexibility index (Phi) is 2.97. The summed E-state index contributed by atoms with van der Waals surface area (Å²) in [5, 5.41) is 0. The summed E-state index contributed by atoms with van der Waals surface area (Å²) in [4.78, 5) is 7.82. The predicted octanol–water partition coefficient (Wildman–Crippen LogP) is 3.34. The fourth-order valence-electron chi connectivity index (χ4n) is 1.18. The van der Waals surface area contributed by atoms with Crippen molar-refractivity contribution in [1.82, 2.24) is 9.97 Å². The first-order valence-corrected chi connectivity index (χ1v) is 5.25. The number of hydrogen-bond acceptors (Lipinski definition) is 3. The maximum Gasteiger partial charge on any atom is 0.222 e. The molecule has 0 aliphatic carbocycles. The second-order valence-electron chi connectivity index (χ2n) is 3.06. The van der Waals surface area contributed by atoms with Gasteiger partial charge in [-0.3, -0.25) is 0 Å². The molecule has 4 heteroatoms. The van der Waals surface area contributed by atoms with E-state index in [0.717, 1.165) is 15.8 Å². The molecule has 0 spiro atoms. The lowest BCUT2D eigenvalue weighted by Crippen LogP contribution is -1.90. The molecule has 0 aliphatic rings. The Morgan fingerprint density at radius 1 is 1.27 bits per heavy atom. The van der Waals surface area contributed by atoms with Crippen LogP contribution in [0.5, 0.6) is 11.6 Å². The molecule has 0 aliphatic heterocycles. The fourth-order valence-corrected chi connectivity index (χ4v) is 1.65. The second kappa shape index (κ2) is 4.40. The molecule has 15 heavy (non-hydrogen) atoms. The van der Waals surface area contributed by atoms with Gasteiger partial charge in [0, 0.05) is 16.7 Å². The average molecular weight is 265 g/mol. The Labute approximate surface area is 96.3 Å². The summed E-state index contributed by atoms with van der Waals surface area (Å²) in [6.07, 6.45) is 3.11. The molecule has 1 aromatic carbocycles. The molecule has 1 aromatic heterocycles. The molecule has 0 saturated carbocycles.